The van der Waals surface area contributed by atoms with Gasteiger partial charge in [-0.15, -0.1) is 15.3 Å². The molecule has 1 aromatic carbocycles. The van der Waals surface area contributed by atoms with Crippen LogP contribution in [0.1, 0.15) is 5.82 Å². The molecule has 0 aliphatic rings. The van der Waals surface area contributed by atoms with Gasteiger partial charge in [-0.2, -0.15) is 9.61 Å². The summed E-state index contributed by atoms with van der Waals surface area (Å²) in [6, 6.07) is 15.6. The van der Waals surface area contributed by atoms with Crippen LogP contribution in [-0.2, 0) is 13.7 Å². The number of aryl methyl sites for hydroxylation is 1. The summed E-state index contributed by atoms with van der Waals surface area (Å²) in [5.41, 5.74) is 3.22. The third-order valence-electron chi connectivity index (χ3n) is 4.35. The van der Waals surface area contributed by atoms with Gasteiger partial charge < -0.3 is 4.74 Å². The Morgan fingerprint density at radius 1 is 0.966 bits per heavy atom. The molecule has 0 radical (unpaired) electrons. The fraction of sp³-hybridized carbons (Fsp3) is 0.100. The lowest BCUT2D eigenvalue weighted by Gasteiger charge is -2.10. The number of fused-ring (bicyclic) bond motifs is 1. The fourth-order valence-electron chi connectivity index (χ4n) is 3.01. The van der Waals surface area contributed by atoms with Gasteiger partial charge in [-0.05, 0) is 23.8 Å². The molecule has 0 amide bonds. The molecule has 0 spiro atoms. The molecule has 4 heterocycles. The molecular formula is C20H16N8O. The van der Waals surface area contributed by atoms with E-state index in [1.807, 2.05) is 55.6 Å². The third-order valence-corrected chi connectivity index (χ3v) is 4.35. The van der Waals surface area contributed by atoms with E-state index in [4.69, 9.17) is 4.74 Å². The molecule has 0 unspecified atom stereocenters. The highest BCUT2D eigenvalue weighted by atomic mass is 16.5. The molecule has 0 N–H and O–H groups in total. The van der Waals surface area contributed by atoms with E-state index in [-0.39, 0.29) is 6.61 Å². The maximum Gasteiger partial charge on any atom is 0.240 e. The lowest BCUT2D eigenvalue weighted by molar-refractivity contribution is 0.281. The van der Waals surface area contributed by atoms with Crippen molar-refractivity contribution in [3.63, 3.8) is 0 Å². The van der Waals surface area contributed by atoms with Gasteiger partial charge in [0.2, 0.25) is 5.88 Å². The average molecular weight is 384 g/mol. The topological polar surface area (TPSA) is 95.9 Å². The molecule has 5 rings (SSSR count). The summed E-state index contributed by atoms with van der Waals surface area (Å²) in [7, 11) is 1.81. The minimum atomic E-state index is 0.198. The van der Waals surface area contributed by atoms with Gasteiger partial charge >= 0.3 is 0 Å². The largest absolute Gasteiger partial charge is 0.468 e. The van der Waals surface area contributed by atoms with E-state index in [2.05, 4.69) is 30.4 Å². The second-order valence-electron chi connectivity index (χ2n) is 6.39. The Morgan fingerprint density at radius 2 is 1.83 bits per heavy atom. The van der Waals surface area contributed by atoms with Gasteiger partial charge in [0.15, 0.2) is 23.9 Å². The van der Waals surface area contributed by atoms with Crippen LogP contribution in [0.15, 0.2) is 67.3 Å². The fourth-order valence-corrected chi connectivity index (χ4v) is 3.01. The first kappa shape index (κ1) is 17.0. The van der Waals surface area contributed by atoms with Crippen molar-refractivity contribution in [3.05, 3.63) is 73.1 Å². The number of benzene rings is 1. The van der Waals surface area contributed by atoms with Crippen molar-refractivity contribution in [2.24, 2.45) is 7.05 Å². The second-order valence-corrected chi connectivity index (χ2v) is 6.39. The first-order chi connectivity index (χ1) is 14.3. The van der Waals surface area contributed by atoms with E-state index in [1.54, 1.807) is 27.9 Å². The molecule has 0 saturated carbocycles. The molecule has 0 aliphatic carbocycles. The highest BCUT2D eigenvalue weighted by Crippen LogP contribution is 2.30. The number of hydrogen-bond donors (Lipinski definition) is 0. The molecule has 0 saturated heterocycles. The predicted molar refractivity (Wildman–Crippen MR) is 105 cm³/mol. The maximum atomic E-state index is 6.02. The van der Waals surface area contributed by atoms with Crippen molar-refractivity contribution in [2.75, 3.05) is 0 Å². The van der Waals surface area contributed by atoms with E-state index >= 15 is 0 Å². The molecule has 0 bridgehead atoms. The summed E-state index contributed by atoms with van der Waals surface area (Å²) in [6.45, 7) is 0.198. The summed E-state index contributed by atoms with van der Waals surface area (Å²) in [5.74, 6) is 1.61. The van der Waals surface area contributed by atoms with Gasteiger partial charge in [-0.3, -0.25) is 9.67 Å². The minimum absolute atomic E-state index is 0.198. The van der Waals surface area contributed by atoms with Crippen LogP contribution in [0.5, 0.6) is 5.88 Å². The van der Waals surface area contributed by atoms with Gasteiger partial charge in [0, 0.05) is 30.6 Å². The van der Waals surface area contributed by atoms with E-state index in [9.17, 15) is 0 Å². The highest BCUT2D eigenvalue weighted by Gasteiger charge is 2.16. The lowest BCUT2D eigenvalue weighted by Crippen LogP contribution is -2.05. The zero-order valence-corrected chi connectivity index (χ0v) is 15.5. The zero-order chi connectivity index (χ0) is 19.6. The molecule has 0 aliphatic heterocycles. The van der Waals surface area contributed by atoms with Crippen LogP contribution in [0.2, 0.25) is 0 Å². The Labute approximate surface area is 165 Å². The van der Waals surface area contributed by atoms with Gasteiger partial charge in [-0.1, -0.05) is 30.3 Å². The number of aromatic nitrogens is 8. The monoisotopic (exact) mass is 384 g/mol. The van der Waals surface area contributed by atoms with Crippen LogP contribution >= 0.6 is 0 Å². The summed E-state index contributed by atoms with van der Waals surface area (Å²) in [4.78, 5) is 8.36. The average Bonchev–Trinajstić information content (AvgIpc) is 3.38. The quantitative estimate of drug-likeness (QED) is 0.459. The van der Waals surface area contributed by atoms with Crippen LogP contribution in [-0.4, -0.2) is 39.6 Å². The third kappa shape index (κ3) is 3.29. The smallest absolute Gasteiger partial charge is 0.240 e. The summed E-state index contributed by atoms with van der Waals surface area (Å²) < 4.78 is 9.31. The number of ether oxygens (including phenoxy) is 1. The Morgan fingerprint density at radius 3 is 2.59 bits per heavy atom. The second kappa shape index (κ2) is 7.12. The number of pyridine rings is 1. The standard InChI is InChI=1S/C20H16N8O/c1-27-13-22-17(25-27)12-29-20-16(14-6-3-2-4-7-14)10-18-23-24-19(28(18)26-20)15-8-5-9-21-11-15/h2-11,13H,12H2,1H3. The highest BCUT2D eigenvalue weighted by molar-refractivity contribution is 5.72. The summed E-state index contributed by atoms with van der Waals surface area (Å²) >= 11 is 0. The van der Waals surface area contributed by atoms with E-state index < -0.39 is 0 Å². The molecule has 4 aromatic heterocycles. The Balaban J connectivity index is 1.62. The summed E-state index contributed by atoms with van der Waals surface area (Å²) in [5, 5.41) is 17.5. The summed E-state index contributed by atoms with van der Waals surface area (Å²) in [6.07, 6.45) is 5.07. The molecule has 9 heteroatoms. The molecule has 9 nitrogen and oxygen atoms in total. The van der Waals surface area contributed by atoms with Crippen LogP contribution < -0.4 is 4.74 Å². The van der Waals surface area contributed by atoms with Crippen molar-refractivity contribution < 1.29 is 4.74 Å². The van der Waals surface area contributed by atoms with Crippen molar-refractivity contribution in [2.45, 2.75) is 6.61 Å². The van der Waals surface area contributed by atoms with E-state index in [0.29, 0.717) is 23.2 Å². The molecular weight excluding hydrogens is 368 g/mol. The number of rotatable bonds is 5. The van der Waals surface area contributed by atoms with Crippen molar-refractivity contribution in [1.82, 2.24) is 39.6 Å². The Hall–Kier alpha value is -4.14. The van der Waals surface area contributed by atoms with Crippen LogP contribution in [0.3, 0.4) is 0 Å². The Kier molecular flexibility index (Phi) is 4.17. The molecule has 29 heavy (non-hydrogen) atoms. The van der Waals surface area contributed by atoms with E-state index in [0.717, 1.165) is 16.7 Å². The van der Waals surface area contributed by atoms with Gasteiger partial charge in [0.1, 0.15) is 6.33 Å². The van der Waals surface area contributed by atoms with Gasteiger partial charge in [0.25, 0.3) is 0 Å². The Bertz CT molecular complexity index is 1260. The van der Waals surface area contributed by atoms with Crippen molar-refractivity contribution >= 4 is 5.65 Å². The molecule has 5 aromatic rings. The first-order valence-electron chi connectivity index (χ1n) is 8.97. The van der Waals surface area contributed by atoms with Crippen LogP contribution in [0.4, 0.5) is 0 Å². The molecule has 0 fully saturated rings. The van der Waals surface area contributed by atoms with E-state index in [1.165, 1.54) is 0 Å². The number of hydrogen-bond acceptors (Lipinski definition) is 7. The van der Waals surface area contributed by atoms with Crippen molar-refractivity contribution in [1.29, 1.82) is 0 Å². The molecule has 142 valence electrons. The van der Waals surface area contributed by atoms with Crippen LogP contribution in [0, 0.1) is 0 Å². The first-order valence-corrected chi connectivity index (χ1v) is 8.97. The normalized spacial score (nSPS) is 11.1. The van der Waals surface area contributed by atoms with Crippen LogP contribution in [0.25, 0.3) is 28.2 Å². The minimum Gasteiger partial charge on any atom is -0.468 e. The molecule has 0 atom stereocenters. The van der Waals surface area contributed by atoms with Gasteiger partial charge in [-0.25, -0.2) is 4.98 Å². The van der Waals surface area contributed by atoms with Gasteiger partial charge in [0.05, 0.1) is 0 Å². The lowest BCUT2D eigenvalue weighted by atomic mass is 10.1. The van der Waals surface area contributed by atoms with Crippen molar-refractivity contribution in [3.8, 4) is 28.4 Å². The SMILES string of the molecule is Cn1cnc(COc2nn3c(-c4cccnc4)nnc3cc2-c2ccccc2)n1. The number of nitrogens with zero attached hydrogens (tertiary/aromatic N) is 8. The zero-order valence-electron chi connectivity index (χ0n) is 15.5. The predicted octanol–water partition coefficient (Wildman–Crippen LogP) is 2.56. The maximum absolute atomic E-state index is 6.02.